The summed E-state index contributed by atoms with van der Waals surface area (Å²) in [6, 6.07) is 0.394. The number of hydrogen-bond acceptors (Lipinski definition) is 4. The van der Waals surface area contributed by atoms with Crippen LogP contribution in [-0.4, -0.2) is 17.6 Å². The lowest BCUT2D eigenvalue weighted by Gasteiger charge is -2.21. The number of thiazole rings is 1. The van der Waals surface area contributed by atoms with Crippen LogP contribution in [0.5, 0.6) is 0 Å². The van der Waals surface area contributed by atoms with Crippen LogP contribution in [0, 0.1) is 5.92 Å². The maximum atomic E-state index is 6.18. The van der Waals surface area contributed by atoms with Crippen LogP contribution in [0.3, 0.4) is 0 Å². The smallest absolute Gasteiger partial charge is 0.0795 e. The summed E-state index contributed by atoms with van der Waals surface area (Å²) in [5.74, 6) is 0.654. The zero-order valence-electron chi connectivity index (χ0n) is 9.69. The molecule has 0 bridgehead atoms. The predicted octanol–water partition coefficient (Wildman–Crippen LogP) is 2.14. The lowest BCUT2D eigenvalue weighted by Crippen LogP contribution is -2.36. The van der Waals surface area contributed by atoms with E-state index in [1.807, 2.05) is 5.51 Å². The average molecular weight is 239 g/mol. The van der Waals surface area contributed by atoms with E-state index in [1.54, 1.807) is 11.3 Å². The minimum absolute atomic E-state index is 0.394. The van der Waals surface area contributed by atoms with Crippen LogP contribution in [0.1, 0.15) is 37.8 Å². The number of aromatic nitrogens is 1. The van der Waals surface area contributed by atoms with Gasteiger partial charge >= 0.3 is 0 Å². The van der Waals surface area contributed by atoms with E-state index in [4.69, 9.17) is 5.73 Å². The van der Waals surface area contributed by atoms with Gasteiger partial charge in [0.1, 0.15) is 0 Å². The first kappa shape index (κ1) is 12.0. The van der Waals surface area contributed by atoms with Gasteiger partial charge in [-0.25, -0.2) is 4.98 Å². The van der Waals surface area contributed by atoms with Crippen molar-refractivity contribution in [3.63, 3.8) is 0 Å². The molecule has 1 saturated carbocycles. The van der Waals surface area contributed by atoms with E-state index in [9.17, 15) is 0 Å². The normalized spacial score (nSPS) is 26.6. The van der Waals surface area contributed by atoms with Crippen molar-refractivity contribution in [2.45, 2.75) is 44.7 Å². The topological polar surface area (TPSA) is 50.9 Å². The summed E-state index contributed by atoms with van der Waals surface area (Å²) < 4.78 is 0. The van der Waals surface area contributed by atoms with E-state index >= 15 is 0 Å². The summed E-state index contributed by atoms with van der Waals surface area (Å²) in [6.45, 7) is 1.92. The monoisotopic (exact) mass is 239 g/mol. The van der Waals surface area contributed by atoms with Gasteiger partial charge in [-0.2, -0.15) is 0 Å². The Labute approximate surface area is 101 Å². The van der Waals surface area contributed by atoms with Crippen molar-refractivity contribution in [2.24, 2.45) is 11.7 Å². The van der Waals surface area contributed by atoms with Crippen molar-refractivity contribution >= 4 is 11.3 Å². The quantitative estimate of drug-likeness (QED) is 0.792. The fourth-order valence-corrected chi connectivity index (χ4v) is 2.94. The molecule has 0 amide bonds. The molecule has 0 radical (unpaired) electrons. The molecule has 1 heterocycles. The number of rotatable bonds is 4. The van der Waals surface area contributed by atoms with Gasteiger partial charge in [-0.3, -0.25) is 0 Å². The highest BCUT2D eigenvalue weighted by atomic mass is 32.1. The summed E-state index contributed by atoms with van der Waals surface area (Å²) in [5, 5.41) is 5.58. The average Bonchev–Trinajstić information content (AvgIpc) is 2.71. The molecule has 4 heteroatoms. The lowest BCUT2D eigenvalue weighted by molar-refractivity contribution is 0.373. The third-order valence-corrected chi connectivity index (χ3v) is 4.05. The minimum atomic E-state index is 0.394. The highest BCUT2D eigenvalue weighted by Gasteiger charge is 2.19. The van der Waals surface area contributed by atoms with Gasteiger partial charge in [0.25, 0.3) is 0 Å². The number of nitrogens with one attached hydrogen (secondary N) is 1. The molecule has 3 nitrogen and oxygen atoms in total. The van der Waals surface area contributed by atoms with E-state index in [0.29, 0.717) is 12.0 Å². The van der Waals surface area contributed by atoms with Gasteiger partial charge in [0.15, 0.2) is 0 Å². The van der Waals surface area contributed by atoms with Crippen LogP contribution < -0.4 is 11.1 Å². The van der Waals surface area contributed by atoms with Gasteiger partial charge in [-0.1, -0.05) is 19.3 Å². The Morgan fingerprint density at radius 2 is 2.25 bits per heavy atom. The molecule has 0 saturated heterocycles. The SMILES string of the molecule is NC1CCCCCC1CNCc1cscn1. The Balaban J connectivity index is 1.71. The Morgan fingerprint density at radius 3 is 3.06 bits per heavy atom. The van der Waals surface area contributed by atoms with Crippen LogP contribution in [0.25, 0.3) is 0 Å². The maximum Gasteiger partial charge on any atom is 0.0795 e. The second kappa shape index (κ2) is 6.33. The second-order valence-electron chi connectivity index (χ2n) is 4.67. The molecule has 0 aromatic carbocycles. The van der Waals surface area contributed by atoms with Gasteiger partial charge in [0.05, 0.1) is 11.2 Å². The summed E-state index contributed by atoms with van der Waals surface area (Å²) in [5.41, 5.74) is 9.21. The molecular formula is C12H21N3S. The van der Waals surface area contributed by atoms with Crippen LogP contribution in [-0.2, 0) is 6.54 Å². The van der Waals surface area contributed by atoms with Crippen molar-refractivity contribution < 1.29 is 0 Å². The maximum absolute atomic E-state index is 6.18. The van der Waals surface area contributed by atoms with Crippen molar-refractivity contribution in [2.75, 3.05) is 6.54 Å². The van der Waals surface area contributed by atoms with Gasteiger partial charge < -0.3 is 11.1 Å². The summed E-state index contributed by atoms with van der Waals surface area (Å²) >= 11 is 1.65. The summed E-state index contributed by atoms with van der Waals surface area (Å²) in [4.78, 5) is 4.26. The summed E-state index contributed by atoms with van der Waals surface area (Å²) in [7, 11) is 0. The fourth-order valence-electron chi connectivity index (χ4n) is 2.38. The Hall–Kier alpha value is -0.450. The Bertz CT molecular complexity index is 286. The molecule has 16 heavy (non-hydrogen) atoms. The largest absolute Gasteiger partial charge is 0.327 e. The zero-order valence-corrected chi connectivity index (χ0v) is 10.5. The zero-order chi connectivity index (χ0) is 11.2. The Morgan fingerprint density at radius 1 is 1.38 bits per heavy atom. The molecule has 2 unspecified atom stereocenters. The van der Waals surface area contributed by atoms with Crippen LogP contribution in [0.4, 0.5) is 0 Å². The van der Waals surface area contributed by atoms with Crippen molar-refractivity contribution in [1.82, 2.24) is 10.3 Å². The molecule has 1 aliphatic rings. The molecule has 2 rings (SSSR count). The highest BCUT2D eigenvalue weighted by Crippen LogP contribution is 2.21. The Kier molecular flexibility index (Phi) is 4.75. The van der Waals surface area contributed by atoms with Crippen LogP contribution in [0.15, 0.2) is 10.9 Å². The number of hydrogen-bond donors (Lipinski definition) is 2. The van der Waals surface area contributed by atoms with Gasteiger partial charge in [0, 0.05) is 18.0 Å². The van der Waals surface area contributed by atoms with Crippen LogP contribution in [0.2, 0.25) is 0 Å². The van der Waals surface area contributed by atoms with Crippen molar-refractivity contribution in [1.29, 1.82) is 0 Å². The van der Waals surface area contributed by atoms with Gasteiger partial charge in [-0.15, -0.1) is 11.3 Å². The third-order valence-electron chi connectivity index (χ3n) is 3.41. The van der Waals surface area contributed by atoms with Gasteiger partial charge in [0.2, 0.25) is 0 Å². The number of nitrogens with zero attached hydrogens (tertiary/aromatic N) is 1. The van der Waals surface area contributed by atoms with E-state index in [-0.39, 0.29) is 0 Å². The first-order chi connectivity index (χ1) is 7.86. The molecular weight excluding hydrogens is 218 g/mol. The van der Waals surface area contributed by atoms with Gasteiger partial charge in [-0.05, 0) is 25.3 Å². The van der Waals surface area contributed by atoms with Crippen molar-refractivity contribution in [3.05, 3.63) is 16.6 Å². The highest BCUT2D eigenvalue weighted by molar-refractivity contribution is 7.07. The molecule has 0 spiro atoms. The standard InChI is InChI=1S/C12H21N3S/c13-12-5-3-1-2-4-10(12)6-14-7-11-8-16-9-15-11/h8-10,12,14H,1-7,13H2. The van der Waals surface area contributed by atoms with E-state index in [2.05, 4.69) is 15.7 Å². The minimum Gasteiger partial charge on any atom is -0.327 e. The lowest BCUT2D eigenvalue weighted by atomic mass is 9.95. The molecule has 1 aliphatic carbocycles. The fraction of sp³-hybridized carbons (Fsp3) is 0.750. The molecule has 90 valence electrons. The van der Waals surface area contributed by atoms with Crippen molar-refractivity contribution in [3.8, 4) is 0 Å². The van der Waals surface area contributed by atoms with E-state index in [1.165, 1.54) is 32.1 Å². The molecule has 1 aromatic rings. The molecule has 1 aromatic heterocycles. The van der Waals surface area contributed by atoms with E-state index in [0.717, 1.165) is 18.8 Å². The third kappa shape index (κ3) is 3.54. The first-order valence-electron chi connectivity index (χ1n) is 6.19. The molecule has 1 fully saturated rings. The van der Waals surface area contributed by atoms with Crippen LogP contribution >= 0.6 is 11.3 Å². The summed E-state index contributed by atoms with van der Waals surface area (Å²) in [6.07, 6.45) is 6.49. The predicted molar refractivity (Wildman–Crippen MR) is 68.4 cm³/mol. The van der Waals surface area contributed by atoms with E-state index < -0.39 is 0 Å². The molecule has 2 atom stereocenters. The first-order valence-corrected chi connectivity index (χ1v) is 7.14. The number of nitrogens with two attached hydrogens (primary N) is 1. The molecule has 0 aliphatic heterocycles. The molecule has 3 N–H and O–H groups in total. The second-order valence-corrected chi connectivity index (χ2v) is 5.39.